The molecule has 1 aliphatic rings. The highest BCUT2D eigenvalue weighted by molar-refractivity contribution is 9.10. The fourth-order valence-electron chi connectivity index (χ4n) is 1.91. The largest absolute Gasteiger partial charge is 0.379 e. The number of rotatable bonds is 2. The van der Waals surface area contributed by atoms with E-state index in [1.807, 2.05) is 25.1 Å². The van der Waals surface area contributed by atoms with E-state index in [1.165, 1.54) is 0 Å². The number of nitrogens with one attached hydrogen (secondary N) is 1. The van der Waals surface area contributed by atoms with Gasteiger partial charge in [-0.2, -0.15) is 0 Å². The van der Waals surface area contributed by atoms with Gasteiger partial charge in [-0.15, -0.1) is 0 Å². The van der Waals surface area contributed by atoms with Crippen LogP contribution >= 0.6 is 15.9 Å². The summed E-state index contributed by atoms with van der Waals surface area (Å²) in [5.74, 6) is -0.0175. The number of carbonyl (C=O) groups is 1. The molecular formula is C13H16BrNO2. The molecule has 1 amide bonds. The van der Waals surface area contributed by atoms with Crippen LogP contribution < -0.4 is 5.32 Å². The third kappa shape index (κ3) is 3.30. The van der Waals surface area contributed by atoms with E-state index in [4.69, 9.17) is 4.74 Å². The normalized spacial score (nSPS) is 20.0. The zero-order valence-electron chi connectivity index (χ0n) is 9.83. The van der Waals surface area contributed by atoms with Crippen LogP contribution in [0.15, 0.2) is 22.7 Å². The maximum Gasteiger partial charge on any atom is 0.251 e. The molecule has 1 heterocycles. The minimum Gasteiger partial charge on any atom is -0.379 e. The molecule has 0 spiro atoms. The van der Waals surface area contributed by atoms with E-state index in [9.17, 15) is 4.79 Å². The lowest BCUT2D eigenvalue weighted by Crippen LogP contribution is -2.40. The minimum atomic E-state index is -0.0175. The van der Waals surface area contributed by atoms with Crippen LogP contribution in [-0.2, 0) is 4.74 Å². The summed E-state index contributed by atoms with van der Waals surface area (Å²) in [6.45, 7) is 3.41. The Balaban J connectivity index is 2.01. The molecule has 1 aliphatic heterocycles. The topological polar surface area (TPSA) is 38.3 Å². The quantitative estimate of drug-likeness (QED) is 0.911. The lowest BCUT2D eigenvalue weighted by Gasteiger charge is -2.23. The Morgan fingerprint density at radius 2 is 2.35 bits per heavy atom. The third-order valence-electron chi connectivity index (χ3n) is 2.92. The van der Waals surface area contributed by atoms with Crippen LogP contribution in [0, 0.1) is 6.92 Å². The van der Waals surface area contributed by atoms with Gasteiger partial charge in [0.25, 0.3) is 5.91 Å². The van der Waals surface area contributed by atoms with E-state index < -0.39 is 0 Å². The highest BCUT2D eigenvalue weighted by atomic mass is 79.9. The van der Waals surface area contributed by atoms with Crippen LogP contribution in [0.3, 0.4) is 0 Å². The molecule has 2 rings (SSSR count). The number of amides is 1. The molecule has 1 atom stereocenters. The lowest BCUT2D eigenvalue weighted by atomic mass is 10.1. The molecule has 0 saturated carbocycles. The standard InChI is InChI=1S/C13H16BrNO2/c1-9-7-10(4-5-12(9)14)13(16)15-11-3-2-6-17-8-11/h4-5,7,11H,2-3,6,8H2,1H3,(H,15,16). The van der Waals surface area contributed by atoms with E-state index in [0.29, 0.717) is 12.2 Å². The molecule has 1 aromatic rings. The van der Waals surface area contributed by atoms with Gasteiger partial charge in [0, 0.05) is 16.6 Å². The predicted molar refractivity (Wildman–Crippen MR) is 70.2 cm³/mol. The summed E-state index contributed by atoms with van der Waals surface area (Å²) < 4.78 is 6.36. The lowest BCUT2D eigenvalue weighted by molar-refractivity contribution is 0.0624. The highest BCUT2D eigenvalue weighted by Gasteiger charge is 2.17. The molecule has 0 radical (unpaired) electrons. The maximum atomic E-state index is 12.0. The van der Waals surface area contributed by atoms with Gasteiger partial charge in [-0.3, -0.25) is 4.79 Å². The van der Waals surface area contributed by atoms with Crippen molar-refractivity contribution in [2.24, 2.45) is 0 Å². The molecule has 1 unspecified atom stereocenters. The number of ether oxygens (including phenoxy) is 1. The Bertz CT molecular complexity index is 414. The van der Waals surface area contributed by atoms with Crippen LogP contribution in [0.5, 0.6) is 0 Å². The minimum absolute atomic E-state index is 0.0175. The Hall–Kier alpha value is -0.870. The fraction of sp³-hybridized carbons (Fsp3) is 0.462. The first-order valence-electron chi connectivity index (χ1n) is 5.81. The summed E-state index contributed by atoms with van der Waals surface area (Å²) in [6.07, 6.45) is 2.02. The number of carbonyl (C=O) groups excluding carboxylic acids is 1. The summed E-state index contributed by atoms with van der Waals surface area (Å²) in [6, 6.07) is 5.78. The molecule has 1 aromatic carbocycles. The van der Waals surface area contributed by atoms with E-state index >= 15 is 0 Å². The van der Waals surface area contributed by atoms with Crippen molar-refractivity contribution in [2.75, 3.05) is 13.2 Å². The molecule has 17 heavy (non-hydrogen) atoms. The third-order valence-corrected chi connectivity index (χ3v) is 3.81. The van der Waals surface area contributed by atoms with E-state index in [0.717, 1.165) is 29.5 Å². The van der Waals surface area contributed by atoms with Crippen LogP contribution in [0.1, 0.15) is 28.8 Å². The predicted octanol–water partition coefficient (Wildman–Crippen LogP) is 2.67. The molecule has 0 aromatic heterocycles. The molecule has 0 bridgehead atoms. The number of aryl methyl sites for hydroxylation is 1. The fourth-order valence-corrected chi connectivity index (χ4v) is 2.16. The average Bonchev–Trinajstić information content (AvgIpc) is 2.34. The Morgan fingerprint density at radius 1 is 1.53 bits per heavy atom. The van der Waals surface area contributed by atoms with Crippen molar-refractivity contribution in [3.8, 4) is 0 Å². The number of benzene rings is 1. The molecule has 3 nitrogen and oxygen atoms in total. The van der Waals surface area contributed by atoms with Gasteiger partial charge in [0.1, 0.15) is 0 Å². The molecule has 1 saturated heterocycles. The zero-order valence-corrected chi connectivity index (χ0v) is 11.4. The monoisotopic (exact) mass is 297 g/mol. The first-order valence-corrected chi connectivity index (χ1v) is 6.61. The second kappa shape index (κ2) is 5.65. The Kier molecular flexibility index (Phi) is 4.18. The second-order valence-electron chi connectivity index (χ2n) is 4.35. The van der Waals surface area contributed by atoms with E-state index in [2.05, 4.69) is 21.2 Å². The van der Waals surface area contributed by atoms with E-state index in [1.54, 1.807) is 0 Å². The van der Waals surface area contributed by atoms with Gasteiger partial charge in [0.05, 0.1) is 12.6 Å². The summed E-state index contributed by atoms with van der Waals surface area (Å²) in [5.41, 5.74) is 1.77. The zero-order chi connectivity index (χ0) is 12.3. The maximum absolute atomic E-state index is 12.0. The molecular weight excluding hydrogens is 282 g/mol. The number of hydrogen-bond acceptors (Lipinski definition) is 2. The van der Waals surface area contributed by atoms with Gasteiger partial charge in [-0.1, -0.05) is 15.9 Å². The van der Waals surface area contributed by atoms with Crippen molar-refractivity contribution in [3.63, 3.8) is 0 Å². The van der Waals surface area contributed by atoms with Gasteiger partial charge in [0.2, 0.25) is 0 Å². The summed E-state index contributed by atoms with van der Waals surface area (Å²) in [4.78, 5) is 12.0. The first kappa shape index (κ1) is 12.6. The van der Waals surface area contributed by atoms with Gasteiger partial charge in [-0.05, 0) is 43.5 Å². The van der Waals surface area contributed by atoms with Gasteiger partial charge in [-0.25, -0.2) is 0 Å². The van der Waals surface area contributed by atoms with Crippen molar-refractivity contribution in [3.05, 3.63) is 33.8 Å². The highest BCUT2D eigenvalue weighted by Crippen LogP contribution is 2.17. The van der Waals surface area contributed by atoms with Crippen molar-refractivity contribution in [1.29, 1.82) is 0 Å². The van der Waals surface area contributed by atoms with Gasteiger partial charge in [0.15, 0.2) is 0 Å². The molecule has 4 heteroatoms. The Labute approximate surface area is 110 Å². The second-order valence-corrected chi connectivity index (χ2v) is 5.21. The van der Waals surface area contributed by atoms with Crippen LogP contribution in [0.4, 0.5) is 0 Å². The van der Waals surface area contributed by atoms with Gasteiger partial charge >= 0.3 is 0 Å². The van der Waals surface area contributed by atoms with Crippen LogP contribution in [0.25, 0.3) is 0 Å². The first-order chi connectivity index (χ1) is 8.16. The van der Waals surface area contributed by atoms with Gasteiger partial charge < -0.3 is 10.1 Å². The Morgan fingerprint density at radius 3 is 3.00 bits per heavy atom. The molecule has 0 aliphatic carbocycles. The number of hydrogen-bond donors (Lipinski definition) is 1. The van der Waals surface area contributed by atoms with Crippen LogP contribution in [-0.4, -0.2) is 25.2 Å². The molecule has 92 valence electrons. The van der Waals surface area contributed by atoms with E-state index in [-0.39, 0.29) is 11.9 Å². The van der Waals surface area contributed by atoms with Crippen molar-refractivity contribution >= 4 is 21.8 Å². The SMILES string of the molecule is Cc1cc(C(=O)NC2CCCOC2)ccc1Br. The summed E-state index contributed by atoms with van der Waals surface area (Å²) >= 11 is 3.43. The van der Waals surface area contributed by atoms with Crippen molar-refractivity contribution in [2.45, 2.75) is 25.8 Å². The molecule has 1 N–H and O–H groups in total. The number of halogens is 1. The summed E-state index contributed by atoms with van der Waals surface area (Å²) in [5, 5.41) is 3.00. The molecule has 1 fully saturated rings. The average molecular weight is 298 g/mol. The summed E-state index contributed by atoms with van der Waals surface area (Å²) in [7, 11) is 0. The van der Waals surface area contributed by atoms with Crippen molar-refractivity contribution < 1.29 is 9.53 Å². The smallest absolute Gasteiger partial charge is 0.251 e. The van der Waals surface area contributed by atoms with Crippen LogP contribution in [0.2, 0.25) is 0 Å². The van der Waals surface area contributed by atoms with Crippen molar-refractivity contribution in [1.82, 2.24) is 5.32 Å².